The lowest BCUT2D eigenvalue weighted by molar-refractivity contribution is 0.0949. The fourth-order valence-electron chi connectivity index (χ4n) is 3.14. The molecule has 2 aliphatic rings. The molecule has 6 nitrogen and oxygen atoms in total. The van der Waals surface area contributed by atoms with Crippen molar-refractivity contribution in [1.29, 1.82) is 0 Å². The van der Waals surface area contributed by atoms with Gasteiger partial charge in [-0.05, 0) is 19.3 Å². The van der Waals surface area contributed by atoms with Gasteiger partial charge < -0.3 is 5.32 Å². The second-order valence-corrected chi connectivity index (χ2v) is 6.50. The van der Waals surface area contributed by atoms with Crippen LogP contribution in [0.15, 0.2) is 17.7 Å². The Labute approximate surface area is 132 Å². The number of amides is 1. The quantitative estimate of drug-likeness (QED) is 0.669. The van der Waals surface area contributed by atoms with Crippen LogP contribution in [0, 0.1) is 0 Å². The van der Waals surface area contributed by atoms with Crippen molar-refractivity contribution < 1.29 is 4.79 Å². The molecule has 0 bridgehead atoms. The maximum atomic E-state index is 12.3. The molecule has 2 N–H and O–H groups in total. The smallest absolute Gasteiger partial charge is 0.269 e. The topological polar surface area (TPSA) is 75.6 Å². The molecule has 0 saturated carbocycles. The van der Waals surface area contributed by atoms with Crippen molar-refractivity contribution in [3.05, 3.63) is 29.6 Å². The summed E-state index contributed by atoms with van der Waals surface area (Å²) in [6.07, 6.45) is 4.48. The van der Waals surface area contributed by atoms with E-state index in [2.05, 4.69) is 22.1 Å². The summed E-state index contributed by atoms with van der Waals surface area (Å²) in [5.74, 6) is 0.805. The number of nitrogens with one attached hydrogen (secondary N) is 2. The Hall–Kier alpha value is -2.02. The lowest BCUT2D eigenvalue weighted by Crippen LogP contribution is -2.24. The average Bonchev–Trinajstić information content (AvgIpc) is 3.04. The summed E-state index contributed by atoms with van der Waals surface area (Å²) in [5.41, 5.74) is 4.91. The summed E-state index contributed by atoms with van der Waals surface area (Å²) in [7, 11) is 0. The van der Waals surface area contributed by atoms with Crippen LogP contribution in [0.2, 0.25) is 0 Å². The fraction of sp³-hybridized carbons (Fsp3) is 0.400. The molecule has 1 aliphatic heterocycles. The summed E-state index contributed by atoms with van der Waals surface area (Å²) in [6.45, 7) is 5.26. The van der Waals surface area contributed by atoms with E-state index in [1.807, 2.05) is 10.8 Å². The van der Waals surface area contributed by atoms with Gasteiger partial charge in [0, 0.05) is 30.1 Å². The molecule has 2 aromatic rings. The molecule has 4 rings (SSSR count). The van der Waals surface area contributed by atoms with Crippen molar-refractivity contribution in [2.45, 2.75) is 30.8 Å². The number of aromatic nitrogens is 4. The molecule has 0 aromatic carbocycles. The van der Waals surface area contributed by atoms with Gasteiger partial charge in [-0.2, -0.15) is 10.2 Å². The summed E-state index contributed by atoms with van der Waals surface area (Å²) in [5, 5.41) is 16.2. The largest absolute Gasteiger partial charge is 0.351 e. The summed E-state index contributed by atoms with van der Waals surface area (Å²) in [4.78, 5) is 12.3. The van der Waals surface area contributed by atoms with Crippen LogP contribution in [-0.4, -0.2) is 38.2 Å². The number of hydrogen-bond acceptors (Lipinski definition) is 4. The Balaban J connectivity index is 1.85. The minimum Gasteiger partial charge on any atom is -0.351 e. The van der Waals surface area contributed by atoms with E-state index in [0.717, 1.165) is 64.8 Å². The summed E-state index contributed by atoms with van der Waals surface area (Å²) in [6, 6.07) is 0. The summed E-state index contributed by atoms with van der Waals surface area (Å²) < 4.78 is 1.87. The third-order valence-electron chi connectivity index (χ3n) is 4.11. The SMILES string of the molecule is C=CCSc1n[nH]c2c1-c1nn3c(c1CC2)C(=O)NCCC3. The predicted octanol–water partition coefficient (Wildman–Crippen LogP) is 1.78. The zero-order chi connectivity index (χ0) is 15.1. The van der Waals surface area contributed by atoms with Gasteiger partial charge in [-0.1, -0.05) is 17.8 Å². The van der Waals surface area contributed by atoms with Gasteiger partial charge in [-0.25, -0.2) is 0 Å². The molecular formula is C15H17N5OS. The van der Waals surface area contributed by atoms with Gasteiger partial charge in [0.25, 0.3) is 5.91 Å². The minimum absolute atomic E-state index is 0.00140. The molecule has 22 heavy (non-hydrogen) atoms. The van der Waals surface area contributed by atoms with E-state index in [-0.39, 0.29) is 5.91 Å². The molecular weight excluding hydrogens is 298 g/mol. The second kappa shape index (κ2) is 5.31. The maximum absolute atomic E-state index is 12.3. The molecule has 2 aromatic heterocycles. The maximum Gasteiger partial charge on any atom is 0.269 e. The van der Waals surface area contributed by atoms with Crippen LogP contribution in [0.4, 0.5) is 0 Å². The lowest BCUT2D eigenvalue weighted by Gasteiger charge is -2.12. The number of carbonyl (C=O) groups is 1. The van der Waals surface area contributed by atoms with Crippen molar-refractivity contribution in [2.24, 2.45) is 0 Å². The number of H-pyrrole nitrogens is 1. The number of thioether (sulfide) groups is 1. The molecule has 1 aliphatic carbocycles. The standard InChI is InChI=1S/C15H17N5OS/c1-2-8-22-15-11-10(17-18-15)5-4-9-12(11)19-20-7-3-6-16-14(21)13(9)20/h2H,1,3-8H2,(H,16,21)(H,17,18). The van der Waals surface area contributed by atoms with Gasteiger partial charge in [0.2, 0.25) is 0 Å². The minimum atomic E-state index is -0.00140. The first kappa shape index (κ1) is 13.6. The van der Waals surface area contributed by atoms with Crippen LogP contribution in [0.5, 0.6) is 0 Å². The first-order valence-corrected chi connectivity index (χ1v) is 8.47. The van der Waals surface area contributed by atoms with Crippen molar-refractivity contribution in [1.82, 2.24) is 25.3 Å². The van der Waals surface area contributed by atoms with Crippen molar-refractivity contribution in [3.63, 3.8) is 0 Å². The highest BCUT2D eigenvalue weighted by atomic mass is 32.2. The van der Waals surface area contributed by atoms with E-state index in [1.165, 1.54) is 0 Å². The zero-order valence-corrected chi connectivity index (χ0v) is 13.0. The number of nitrogens with zero attached hydrogens (tertiary/aromatic N) is 3. The Morgan fingerprint density at radius 1 is 1.41 bits per heavy atom. The van der Waals surface area contributed by atoms with Crippen molar-refractivity contribution in [2.75, 3.05) is 12.3 Å². The molecule has 1 amide bonds. The Bertz CT molecular complexity index is 760. The molecule has 0 saturated heterocycles. The first-order chi connectivity index (χ1) is 10.8. The number of carbonyl (C=O) groups excluding carboxylic acids is 1. The van der Waals surface area contributed by atoms with Crippen LogP contribution < -0.4 is 5.32 Å². The molecule has 0 fully saturated rings. The van der Waals surface area contributed by atoms with Gasteiger partial charge in [-0.15, -0.1) is 6.58 Å². The Morgan fingerprint density at radius 2 is 2.32 bits per heavy atom. The average molecular weight is 315 g/mol. The van der Waals surface area contributed by atoms with Gasteiger partial charge in [-0.3, -0.25) is 14.6 Å². The van der Waals surface area contributed by atoms with E-state index in [4.69, 9.17) is 5.10 Å². The summed E-state index contributed by atoms with van der Waals surface area (Å²) >= 11 is 1.65. The molecule has 0 atom stereocenters. The van der Waals surface area contributed by atoms with E-state index < -0.39 is 0 Å². The molecule has 0 radical (unpaired) electrons. The van der Waals surface area contributed by atoms with Gasteiger partial charge in [0.1, 0.15) is 16.4 Å². The van der Waals surface area contributed by atoms with Crippen molar-refractivity contribution >= 4 is 17.7 Å². The van der Waals surface area contributed by atoms with Gasteiger partial charge in [0.15, 0.2) is 0 Å². The van der Waals surface area contributed by atoms with Gasteiger partial charge in [0.05, 0.1) is 5.56 Å². The van der Waals surface area contributed by atoms with E-state index in [1.54, 1.807) is 11.8 Å². The van der Waals surface area contributed by atoms with Crippen LogP contribution in [0.1, 0.15) is 28.2 Å². The van der Waals surface area contributed by atoms with Crippen LogP contribution in [0.3, 0.4) is 0 Å². The Kier molecular flexibility index (Phi) is 3.29. The highest BCUT2D eigenvalue weighted by molar-refractivity contribution is 7.99. The monoisotopic (exact) mass is 315 g/mol. The van der Waals surface area contributed by atoms with E-state index >= 15 is 0 Å². The zero-order valence-electron chi connectivity index (χ0n) is 12.2. The van der Waals surface area contributed by atoms with Crippen LogP contribution >= 0.6 is 11.8 Å². The first-order valence-electron chi connectivity index (χ1n) is 7.48. The lowest BCUT2D eigenvalue weighted by atomic mass is 9.94. The predicted molar refractivity (Wildman–Crippen MR) is 85.1 cm³/mol. The number of hydrogen-bond donors (Lipinski definition) is 2. The number of aryl methyl sites for hydroxylation is 2. The highest BCUT2D eigenvalue weighted by Gasteiger charge is 2.32. The number of fused-ring (bicyclic) bond motifs is 5. The third-order valence-corrected chi connectivity index (χ3v) is 5.08. The molecule has 3 heterocycles. The second-order valence-electron chi connectivity index (χ2n) is 5.49. The number of rotatable bonds is 3. The molecule has 0 unspecified atom stereocenters. The number of aromatic amines is 1. The normalized spacial score (nSPS) is 16.3. The van der Waals surface area contributed by atoms with E-state index in [9.17, 15) is 4.79 Å². The fourth-order valence-corrected chi connectivity index (χ4v) is 3.89. The van der Waals surface area contributed by atoms with Gasteiger partial charge >= 0.3 is 0 Å². The Morgan fingerprint density at radius 3 is 3.18 bits per heavy atom. The molecule has 0 spiro atoms. The molecule has 7 heteroatoms. The van der Waals surface area contributed by atoms with Crippen LogP contribution in [-0.2, 0) is 19.4 Å². The van der Waals surface area contributed by atoms with Crippen LogP contribution in [0.25, 0.3) is 11.3 Å². The highest BCUT2D eigenvalue weighted by Crippen LogP contribution is 2.39. The van der Waals surface area contributed by atoms with E-state index in [0.29, 0.717) is 6.54 Å². The van der Waals surface area contributed by atoms with Crippen molar-refractivity contribution in [3.8, 4) is 11.3 Å². The third kappa shape index (κ3) is 1.99. The molecule has 114 valence electrons.